The Morgan fingerprint density at radius 2 is 1.71 bits per heavy atom. The number of nitrogens with one attached hydrogen (secondary N) is 1. The van der Waals surface area contributed by atoms with Crippen molar-refractivity contribution >= 4 is 28.4 Å². The van der Waals surface area contributed by atoms with E-state index in [1.54, 1.807) is 24.1 Å². The number of aromatic hydroxyl groups is 1. The van der Waals surface area contributed by atoms with Crippen LogP contribution in [0.15, 0.2) is 48.5 Å². The largest absolute Gasteiger partial charge is 0.508 e. The van der Waals surface area contributed by atoms with E-state index in [1.807, 2.05) is 36.4 Å². The van der Waals surface area contributed by atoms with E-state index in [4.69, 9.17) is 4.74 Å². The number of fused-ring (bicyclic) bond motifs is 1. The highest BCUT2D eigenvalue weighted by Gasteiger charge is 2.29. The van der Waals surface area contributed by atoms with Crippen molar-refractivity contribution < 1.29 is 19.4 Å². The number of carbonyl (C=O) groups is 2. The fourth-order valence-corrected chi connectivity index (χ4v) is 3.97. The van der Waals surface area contributed by atoms with Crippen molar-refractivity contribution in [3.05, 3.63) is 54.1 Å². The number of benzene rings is 3. The van der Waals surface area contributed by atoms with Crippen molar-refractivity contribution in [2.45, 2.75) is 32.6 Å². The number of urea groups is 1. The van der Waals surface area contributed by atoms with Crippen molar-refractivity contribution in [1.82, 2.24) is 5.32 Å². The molecule has 0 bridgehead atoms. The normalized spacial score (nSPS) is 14.6. The molecule has 3 amide bonds. The van der Waals surface area contributed by atoms with Gasteiger partial charge in [0.05, 0.1) is 7.11 Å². The minimum Gasteiger partial charge on any atom is -0.508 e. The number of ether oxygens (including phenoxy) is 1. The molecule has 4 rings (SSSR count). The van der Waals surface area contributed by atoms with E-state index in [2.05, 4.69) is 26.1 Å². The number of imide groups is 1. The quantitative estimate of drug-likeness (QED) is 0.630. The van der Waals surface area contributed by atoms with Gasteiger partial charge in [0.2, 0.25) is 5.91 Å². The van der Waals surface area contributed by atoms with Crippen LogP contribution < -0.4 is 15.0 Å². The fourth-order valence-electron chi connectivity index (χ4n) is 3.97. The number of hydrogen-bond acceptors (Lipinski definition) is 4. The minimum atomic E-state index is -0.416. The summed E-state index contributed by atoms with van der Waals surface area (Å²) >= 11 is 0. The van der Waals surface area contributed by atoms with E-state index in [9.17, 15) is 14.7 Å². The van der Waals surface area contributed by atoms with E-state index < -0.39 is 6.03 Å². The lowest BCUT2D eigenvalue weighted by Gasteiger charge is -2.31. The summed E-state index contributed by atoms with van der Waals surface area (Å²) in [5, 5.41) is 14.1. The molecule has 6 nitrogen and oxygen atoms in total. The Morgan fingerprint density at radius 1 is 1.00 bits per heavy atom. The van der Waals surface area contributed by atoms with E-state index in [0.29, 0.717) is 6.54 Å². The van der Waals surface area contributed by atoms with Gasteiger partial charge in [-0.2, -0.15) is 0 Å². The van der Waals surface area contributed by atoms with E-state index in [1.165, 1.54) is 0 Å². The Hall–Kier alpha value is -3.54. The molecule has 1 aliphatic heterocycles. The number of carbonyl (C=O) groups excluding carboxylic acids is 2. The molecular formula is C25H26N2O4. The van der Waals surface area contributed by atoms with Crippen LogP contribution in [0.25, 0.3) is 21.9 Å². The smallest absolute Gasteiger partial charge is 0.328 e. The maximum absolute atomic E-state index is 12.5. The second kappa shape index (κ2) is 7.61. The molecule has 160 valence electrons. The highest BCUT2D eigenvalue weighted by Crippen LogP contribution is 2.43. The number of hydrogen-bond donors (Lipinski definition) is 2. The number of amides is 3. The third kappa shape index (κ3) is 3.93. The van der Waals surface area contributed by atoms with Crippen LogP contribution in [0.4, 0.5) is 10.5 Å². The average Bonchev–Trinajstić information content (AvgIpc) is 2.71. The molecule has 0 aliphatic carbocycles. The summed E-state index contributed by atoms with van der Waals surface area (Å²) in [7, 11) is 1.65. The summed E-state index contributed by atoms with van der Waals surface area (Å²) in [5.41, 5.74) is 3.26. The first-order valence-corrected chi connectivity index (χ1v) is 10.2. The van der Waals surface area contributed by atoms with Crippen LogP contribution in [0.2, 0.25) is 0 Å². The highest BCUT2D eigenvalue weighted by atomic mass is 16.5. The standard InChI is InChI=1S/C25H26N2O4/c1-25(2,3)21-14-18(27-10-9-22(29)26-24(27)30)13-20(23(21)31-4)17-6-5-16-12-19(28)8-7-15(16)11-17/h5-8,11-14,28H,9-10H2,1-4H3,(H,26,29,30). The maximum Gasteiger partial charge on any atom is 0.328 e. The molecule has 6 heteroatoms. The summed E-state index contributed by atoms with van der Waals surface area (Å²) in [5.74, 6) is 0.715. The number of anilines is 1. The van der Waals surface area contributed by atoms with Gasteiger partial charge >= 0.3 is 6.03 Å². The summed E-state index contributed by atoms with van der Waals surface area (Å²) in [6.07, 6.45) is 0.261. The number of methoxy groups -OCH3 is 1. The first-order chi connectivity index (χ1) is 14.7. The molecule has 0 saturated carbocycles. The second-order valence-electron chi connectivity index (χ2n) is 8.83. The van der Waals surface area contributed by atoms with Crippen LogP contribution in [0.5, 0.6) is 11.5 Å². The Morgan fingerprint density at radius 3 is 2.39 bits per heavy atom. The van der Waals surface area contributed by atoms with Crippen LogP contribution in [0, 0.1) is 0 Å². The first kappa shape index (κ1) is 20.7. The molecule has 31 heavy (non-hydrogen) atoms. The predicted molar refractivity (Wildman–Crippen MR) is 122 cm³/mol. The highest BCUT2D eigenvalue weighted by molar-refractivity contribution is 6.06. The van der Waals surface area contributed by atoms with Gasteiger partial charge in [0, 0.05) is 29.8 Å². The molecular weight excluding hydrogens is 392 g/mol. The van der Waals surface area contributed by atoms with Crippen LogP contribution in [0.3, 0.4) is 0 Å². The van der Waals surface area contributed by atoms with Crippen LogP contribution in [0.1, 0.15) is 32.8 Å². The Kier molecular flexibility index (Phi) is 5.09. The van der Waals surface area contributed by atoms with Crippen molar-refractivity contribution in [2.75, 3.05) is 18.6 Å². The zero-order valence-corrected chi connectivity index (χ0v) is 18.2. The van der Waals surface area contributed by atoms with Gasteiger partial charge in [-0.3, -0.25) is 15.0 Å². The van der Waals surface area contributed by atoms with Crippen LogP contribution in [-0.2, 0) is 10.2 Å². The predicted octanol–water partition coefficient (Wildman–Crippen LogP) is 4.96. The third-order valence-electron chi connectivity index (χ3n) is 5.59. The van der Waals surface area contributed by atoms with E-state index in [0.717, 1.165) is 38.9 Å². The van der Waals surface area contributed by atoms with Gasteiger partial charge in [-0.15, -0.1) is 0 Å². The molecule has 3 aromatic carbocycles. The first-order valence-electron chi connectivity index (χ1n) is 10.2. The lowest BCUT2D eigenvalue weighted by Crippen LogP contribution is -2.49. The lowest BCUT2D eigenvalue weighted by atomic mass is 9.83. The van der Waals surface area contributed by atoms with Crippen molar-refractivity contribution in [3.8, 4) is 22.6 Å². The van der Waals surface area contributed by atoms with E-state index >= 15 is 0 Å². The zero-order valence-electron chi connectivity index (χ0n) is 18.2. The van der Waals surface area contributed by atoms with Crippen LogP contribution >= 0.6 is 0 Å². The van der Waals surface area contributed by atoms with Gasteiger partial charge in [0.25, 0.3) is 0 Å². The Balaban J connectivity index is 1.93. The lowest BCUT2D eigenvalue weighted by molar-refractivity contribution is -0.120. The molecule has 1 heterocycles. The second-order valence-corrected chi connectivity index (χ2v) is 8.83. The van der Waals surface area contributed by atoms with Crippen LogP contribution in [-0.4, -0.2) is 30.7 Å². The van der Waals surface area contributed by atoms with Gasteiger partial charge in [-0.1, -0.05) is 39.0 Å². The fraction of sp³-hybridized carbons (Fsp3) is 0.280. The zero-order chi connectivity index (χ0) is 22.3. The number of nitrogens with zero attached hydrogens (tertiary/aromatic N) is 1. The van der Waals surface area contributed by atoms with Gasteiger partial charge in [0.15, 0.2) is 0 Å². The van der Waals surface area contributed by atoms with E-state index in [-0.39, 0.29) is 23.5 Å². The summed E-state index contributed by atoms with van der Waals surface area (Å²) < 4.78 is 5.86. The summed E-state index contributed by atoms with van der Waals surface area (Å²) in [6, 6.07) is 14.7. The molecule has 3 aromatic rings. The molecule has 2 N–H and O–H groups in total. The third-order valence-corrected chi connectivity index (χ3v) is 5.59. The Labute approximate surface area is 181 Å². The number of phenols is 1. The summed E-state index contributed by atoms with van der Waals surface area (Å²) in [4.78, 5) is 25.7. The molecule has 0 spiro atoms. The van der Waals surface area contributed by atoms with Crippen molar-refractivity contribution in [3.63, 3.8) is 0 Å². The number of rotatable bonds is 3. The van der Waals surface area contributed by atoms with Gasteiger partial charge in [-0.05, 0) is 52.1 Å². The molecule has 0 unspecified atom stereocenters. The van der Waals surface area contributed by atoms with Gasteiger partial charge < -0.3 is 9.84 Å². The molecule has 0 radical (unpaired) electrons. The molecule has 1 saturated heterocycles. The molecule has 0 aromatic heterocycles. The summed E-state index contributed by atoms with van der Waals surface area (Å²) in [6.45, 7) is 6.63. The molecule has 1 aliphatic rings. The molecule has 0 atom stereocenters. The maximum atomic E-state index is 12.5. The van der Waals surface area contributed by atoms with Gasteiger partial charge in [-0.25, -0.2) is 4.79 Å². The average molecular weight is 418 g/mol. The monoisotopic (exact) mass is 418 g/mol. The topological polar surface area (TPSA) is 78.9 Å². The van der Waals surface area contributed by atoms with Crippen molar-refractivity contribution in [1.29, 1.82) is 0 Å². The molecule has 1 fully saturated rings. The minimum absolute atomic E-state index is 0.223. The number of phenolic OH excluding ortho intramolecular Hbond substituents is 1. The SMILES string of the molecule is COc1c(-c2ccc3cc(O)ccc3c2)cc(N2CCC(=O)NC2=O)cc1C(C)(C)C. The Bertz CT molecular complexity index is 1190. The van der Waals surface area contributed by atoms with Gasteiger partial charge in [0.1, 0.15) is 11.5 Å². The van der Waals surface area contributed by atoms with Crippen molar-refractivity contribution in [2.24, 2.45) is 0 Å².